The van der Waals surface area contributed by atoms with E-state index in [1.165, 1.54) is 16.9 Å². The lowest BCUT2D eigenvalue weighted by Crippen LogP contribution is -2.39. The average Bonchev–Trinajstić information content (AvgIpc) is 3.30. The predicted octanol–water partition coefficient (Wildman–Crippen LogP) is 4.35. The molecule has 2 aromatic carbocycles. The highest BCUT2D eigenvalue weighted by atomic mass is 32.1. The zero-order valence-electron chi connectivity index (χ0n) is 16.4. The molecule has 29 heavy (non-hydrogen) atoms. The van der Waals surface area contributed by atoms with E-state index < -0.39 is 0 Å². The average molecular weight is 407 g/mol. The minimum absolute atomic E-state index is 0.0349. The van der Waals surface area contributed by atoms with Gasteiger partial charge in [-0.1, -0.05) is 30.3 Å². The predicted molar refractivity (Wildman–Crippen MR) is 114 cm³/mol. The summed E-state index contributed by atoms with van der Waals surface area (Å²) >= 11 is 1.51. The number of aromatic nitrogens is 1. The van der Waals surface area contributed by atoms with Crippen LogP contribution in [0.1, 0.15) is 28.4 Å². The first-order valence-corrected chi connectivity index (χ1v) is 10.3. The molecule has 1 atom stereocenters. The number of amides is 1. The summed E-state index contributed by atoms with van der Waals surface area (Å²) in [6.07, 6.45) is 4.14. The molecule has 0 fully saturated rings. The van der Waals surface area contributed by atoms with E-state index in [0.717, 1.165) is 23.2 Å². The lowest BCUT2D eigenvalue weighted by Gasteiger charge is -2.37. The van der Waals surface area contributed by atoms with Crippen molar-refractivity contribution in [1.82, 2.24) is 9.88 Å². The van der Waals surface area contributed by atoms with E-state index in [1.54, 1.807) is 31.9 Å². The van der Waals surface area contributed by atoms with E-state index in [1.807, 2.05) is 40.6 Å². The maximum atomic E-state index is 13.1. The lowest BCUT2D eigenvalue weighted by molar-refractivity contribution is -0.127. The number of hydrogen-bond acceptors (Lipinski definition) is 5. The van der Waals surface area contributed by atoms with Gasteiger partial charge in [0.2, 0.25) is 5.91 Å². The van der Waals surface area contributed by atoms with Crippen LogP contribution >= 0.6 is 11.3 Å². The Morgan fingerprint density at radius 2 is 1.93 bits per heavy atom. The van der Waals surface area contributed by atoms with Crippen molar-refractivity contribution in [2.24, 2.45) is 0 Å². The number of ether oxygens (including phenoxy) is 2. The molecule has 5 nitrogen and oxygen atoms in total. The number of carbonyl (C=O) groups excluding carboxylic acids is 1. The van der Waals surface area contributed by atoms with E-state index >= 15 is 0 Å². The van der Waals surface area contributed by atoms with Crippen LogP contribution in [0.4, 0.5) is 0 Å². The fourth-order valence-corrected chi connectivity index (χ4v) is 4.26. The Morgan fingerprint density at radius 3 is 2.62 bits per heavy atom. The number of methoxy groups -OCH3 is 2. The number of rotatable bonds is 5. The highest BCUT2D eigenvalue weighted by molar-refractivity contribution is 7.07. The molecule has 0 aliphatic carbocycles. The summed E-state index contributed by atoms with van der Waals surface area (Å²) in [5.41, 5.74) is 5.85. The molecule has 0 radical (unpaired) electrons. The molecule has 0 saturated carbocycles. The summed E-state index contributed by atoms with van der Waals surface area (Å²) < 4.78 is 11.0. The van der Waals surface area contributed by atoms with Crippen LogP contribution in [-0.4, -0.2) is 36.6 Å². The van der Waals surface area contributed by atoms with E-state index in [2.05, 4.69) is 17.1 Å². The van der Waals surface area contributed by atoms with E-state index in [-0.39, 0.29) is 11.9 Å². The quantitative estimate of drug-likeness (QED) is 0.591. The number of hydrogen-bond donors (Lipinski definition) is 0. The van der Waals surface area contributed by atoms with Crippen molar-refractivity contribution in [3.8, 4) is 11.5 Å². The van der Waals surface area contributed by atoms with Crippen LogP contribution in [0.15, 0.2) is 59.4 Å². The summed E-state index contributed by atoms with van der Waals surface area (Å²) in [5, 5.41) is 1.92. The van der Waals surface area contributed by atoms with Gasteiger partial charge in [0.05, 0.1) is 31.5 Å². The standard InChI is InChI=1S/C23H22N2O3S/c1-27-20-12-17-10-11-25(22(26)9-8-18-14-29-15-24-18)23(16-6-4-3-5-7-16)19(17)13-21(20)28-2/h3-9,12-15,23H,10-11H2,1-2H3/b9-8+. The first-order chi connectivity index (χ1) is 14.2. The SMILES string of the molecule is COc1cc2c(cc1OC)C(c1ccccc1)N(C(=O)/C=C/c1cscn1)CC2. The van der Waals surface area contributed by atoms with E-state index in [0.29, 0.717) is 18.0 Å². The third kappa shape index (κ3) is 3.89. The van der Waals surface area contributed by atoms with Crippen molar-refractivity contribution in [3.63, 3.8) is 0 Å². The highest BCUT2D eigenvalue weighted by Gasteiger charge is 2.32. The van der Waals surface area contributed by atoms with Crippen LogP contribution in [-0.2, 0) is 11.2 Å². The van der Waals surface area contributed by atoms with Crippen LogP contribution in [0.3, 0.4) is 0 Å². The Kier molecular flexibility index (Phi) is 5.62. The molecule has 1 unspecified atom stereocenters. The second-order valence-corrected chi connectivity index (χ2v) is 7.47. The third-order valence-electron chi connectivity index (χ3n) is 5.12. The number of carbonyl (C=O) groups is 1. The molecular weight excluding hydrogens is 384 g/mol. The van der Waals surface area contributed by atoms with Gasteiger partial charge in [0.1, 0.15) is 0 Å². The van der Waals surface area contributed by atoms with Crippen LogP contribution in [0.25, 0.3) is 6.08 Å². The minimum atomic E-state index is -0.188. The third-order valence-corrected chi connectivity index (χ3v) is 5.72. The molecule has 4 rings (SSSR count). The second-order valence-electron chi connectivity index (χ2n) is 6.75. The number of benzene rings is 2. The summed E-state index contributed by atoms with van der Waals surface area (Å²) in [6.45, 7) is 0.627. The van der Waals surface area contributed by atoms with Gasteiger partial charge in [-0.05, 0) is 41.3 Å². The van der Waals surface area contributed by atoms with Crippen molar-refractivity contribution in [2.75, 3.05) is 20.8 Å². The van der Waals surface area contributed by atoms with E-state index in [4.69, 9.17) is 9.47 Å². The zero-order valence-corrected chi connectivity index (χ0v) is 17.2. The van der Waals surface area contributed by atoms with E-state index in [9.17, 15) is 4.79 Å². The molecule has 1 aliphatic rings. The molecule has 1 aliphatic heterocycles. The second kappa shape index (κ2) is 8.49. The molecule has 0 saturated heterocycles. The topological polar surface area (TPSA) is 51.7 Å². The van der Waals surface area contributed by atoms with Gasteiger partial charge in [-0.15, -0.1) is 11.3 Å². The van der Waals surface area contributed by atoms with Crippen LogP contribution in [0.5, 0.6) is 11.5 Å². The van der Waals surface area contributed by atoms with Crippen molar-refractivity contribution in [3.05, 3.63) is 81.8 Å². The van der Waals surface area contributed by atoms with Gasteiger partial charge in [0.15, 0.2) is 11.5 Å². The molecular formula is C23H22N2O3S. The summed E-state index contributed by atoms with van der Waals surface area (Å²) in [6, 6.07) is 13.9. The van der Waals surface area contributed by atoms with Gasteiger partial charge in [-0.25, -0.2) is 4.98 Å². The summed E-state index contributed by atoms with van der Waals surface area (Å²) in [5.74, 6) is 1.34. The summed E-state index contributed by atoms with van der Waals surface area (Å²) in [4.78, 5) is 19.3. The van der Waals surface area contributed by atoms with Gasteiger partial charge in [0.25, 0.3) is 0 Å². The molecule has 1 aromatic heterocycles. The highest BCUT2D eigenvalue weighted by Crippen LogP contribution is 2.41. The first-order valence-electron chi connectivity index (χ1n) is 9.38. The number of fused-ring (bicyclic) bond motifs is 1. The number of thiazole rings is 1. The smallest absolute Gasteiger partial charge is 0.247 e. The molecule has 1 amide bonds. The lowest BCUT2D eigenvalue weighted by atomic mass is 9.87. The van der Waals surface area contributed by atoms with Gasteiger partial charge in [-0.2, -0.15) is 0 Å². The van der Waals surface area contributed by atoms with Crippen LogP contribution < -0.4 is 9.47 Å². The Hall–Kier alpha value is -3.12. The summed E-state index contributed by atoms with van der Waals surface area (Å²) in [7, 11) is 3.27. The Labute approximate surface area is 174 Å². The van der Waals surface area contributed by atoms with Crippen LogP contribution in [0.2, 0.25) is 0 Å². The van der Waals surface area contributed by atoms with Crippen molar-refractivity contribution in [2.45, 2.75) is 12.5 Å². The van der Waals surface area contributed by atoms with Crippen molar-refractivity contribution in [1.29, 1.82) is 0 Å². The van der Waals surface area contributed by atoms with Gasteiger partial charge >= 0.3 is 0 Å². The molecule has 148 valence electrons. The van der Waals surface area contributed by atoms with Gasteiger partial charge in [0, 0.05) is 18.0 Å². The maximum Gasteiger partial charge on any atom is 0.247 e. The normalized spacial score (nSPS) is 15.9. The van der Waals surface area contributed by atoms with Crippen molar-refractivity contribution < 1.29 is 14.3 Å². The molecule has 6 heteroatoms. The first kappa shape index (κ1) is 19.2. The molecule has 0 bridgehead atoms. The Morgan fingerprint density at radius 1 is 1.17 bits per heavy atom. The van der Waals surface area contributed by atoms with Crippen molar-refractivity contribution >= 4 is 23.3 Å². The van der Waals surface area contributed by atoms with Gasteiger partial charge < -0.3 is 14.4 Å². The Bertz CT molecular complexity index is 1020. The largest absolute Gasteiger partial charge is 0.493 e. The number of nitrogens with zero attached hydrogens (tertiary/aromatic N) is 2. The monoisotopic (exact) mass is 406 g/mol. The molecule has 0 N–H and O–H groups in total. The zero-order chi connectivity index (χ0) is 20.2. The maximum absolute atomic E-state index is 13.1. The molecule has 2 heterocycles. The molecule has 0 spiro atoms. The van der Waals surface area contributed by atoms with Gasteiger partial charge in [-0.3, -0.25) is 4.79 Å². The Balaban J connectivity index is 1.76. The fourth-order valence-electron chi connectivity index (χ4n) is 3.73. The molecule has 3 aromatic rings. The fraction of sp³-hybridized carbons (Fsp3) is 0.217. The minimum Gasteiger partial charge on any atom is -0.493 e. The van der Waals surface area contributed by atoms with Crippen LogP contribution in [0, 0.1) is 0 Å².